The van der Waals surface area contributed by atoms with E-state index in [9.17, 15) is 0 Å². The summed E-state index contributed by atoms with van der Waals surface area (Å²) >= 11 is 0. The fraction of sp³-hybridized carbons (Fsp3) is 0.308. The third kappa shape index (κ3) is 2.14. The number of imidazole rings is 1. The maximum atomic E-state index is 4.38. The molecule has 1 atom stereocenters. The Morgan fingerprint density at radius 1 is 1.62 bits per heavy atom. The van der Waals surface area contributed by atoms with E-state index in [2.05, 4.69) is 53.5 Å². The molecule has 0 amide bonds. The van der Waals surface area contributed by atoms with Crippen molar-refractivity contribution in [2.75, 3.05) is 0 Å². The normalized spacial score (nSPS) is 12.9. The van der Waals surface area contributed by atoms with Crippen LogP contribution in [0.25, 0.3) is 5.65 Å². The van der Waals surface area contributed by atoms with Gasteiger partial charge in [0, 0.05) is 18.8 Å². The van der Waals surface area contributed by atoms with Gasteiger partial charge in [-0.1, -0.05) is 6.08 Å². The first-order chi connectivity index (χ1) is 7.70. The van der Waals surface area contributed by atoms with Gasteiger partial charge < -0.3 is 9.72 Å². The van der Waals surface area contributed by atoms with Crippen molar-refractivity contribution < 1.29 is 0 Å². The number of aromatic nitrogens is 2. The van der Waals surface area contributed by atoms with Crippen LogP contribution in [0.1, 0.15) is 18.2 Å². The molecule has 0 aliphatic rings. The largest absolute Gasteiger partial charge is 0.305 e. The molecule has 0 saturated carbocycles. The van der Waals surface area contributed by atoms with Gasteiger partial charge in [-0.05, 0) is 31.5 Å². The smallest absolute Gasteiger partial charge is 0.137 e. The third-order valence-corrected chi connectivity index (χ3v) is 2.70. The Hall–Kier alpha value is -1.61. The summed E-state index contributed by atoms with van der Waals surface area (Å²) in [6, 6.07) is 4.49. The van der Waals surface area contributed by atoms with Crippen LogP contribution in [0.5, 0.6) is 0 Å². The van der Waals surface area contributed by atoms with Gasteiger partial charge in [-0.15, -0.1) is 6.58 Å². The van der Waals surface area contributed by atoms with Crippen molar-refractivity contribution in [1.82, 2.24) is 14.7 Å². The lowest BCUT2D eigenvalue weighted by molar-refractivity contribution is 0.622. The van der Waals surface area contributed by atoms with Crippen LogP contribution in [-0.2, 0) is 6.54 Å². The molecule has 1 N–H and O–H groups in total. The number of nitrogens with one attached hydrogen (secondary N) is 1. The van der Waals surface area contributed by atoms with Gasteiger partial charge in [-0.3, -0.25) is 0 Å². The van der Waals surface area contributed by atoms with Crippen molar-refractivity contribution in [3.8, 4) is 0 Å². The molecule has 2 rings (SSSR count). The molecule has 0 aliphatic heterocycles. The van der Waals surface area contributed by atoms with E-state index in [1.165, 1.54) is 11.3 Å². The number of aryl methyl sites for hydroxylation is 1. The van der Waals surface area contributed by atoms with E-state index in [1.54, 1.807) is 0 Å². The van der Waals surface area contributed by atoms with Crippen molar-refractivity contribution in [2.24, 2.45) is 0 Å². The fourth-order valence-electron chi connectivity index (χ4n) is 1.61. The first-order valence-electron chi connectivity index (χ1n) is 5.49. The molecule has 2 heterocycles. The van der Waals surface area contributed by atoms with Gasteiger partial charge >= 0.3 is 0 Å². The van der Waals surface area contributed by atoms with Gasteiger partial charge in [-0.2, -0.15) is 0 Å². The third-order valence-electron chi connectivity index (χ3n) is 2.70. The lowest BCUT2D eigenvalue weighted by Gasteiger charge is -2.08. The van der Waals surface area contributed by atoms with Crippen molar-refractivity contribution in [2.45, 2.75) is 26.4 Å². The molecule has 0 aliphatic carbocycles. The number of nitrogens with zero attached hydrogens (tertiary/aromatic N) is 2. The van der Waals surface area contributed by atoms with Crippen LogP contribution in [0.15, 0.2) is 37.2 Å². The second-order valence-electron chi connectivity index (χ2n) is 4.09. The molecule has 84 valence electrons. The highest BCUT2D eigenvalue weighted by atomic mass is 15.0. The summed E-state index contributed by atoms with van der Waals surface area (Å²) in [6.07, 6.45) is 5.87. The van der Waals surface area contributed by atoms with Gasteiger partial charge in [0.15, 0.2) is 0 Å². The van der Waals surface area contributed by atoms with E-state index in [0.717, 1.165) is 12.2 Å². The van der Waals surface area contributed by atoms with Crippen LogP contribution in [0, 0.1) is 6.92 Å². The zero-order valence-corrected chi connectivity index (χ0v) is 9.77. The molecule has 0 radical (unpaired) electrons. The Bertz CT molecular complexity index is 499. The Morgan fingerprint density at radius 3 is 3.19 bits per heavy atom. The highest BCUT2D eigenvalue weighted by molar-refractivity contribution is 5.42. The van der Waals surface area contributed by atoms with Crippen LogP contribution in [0.3, 0.4) is 0 Å². The standard InChI is InChI=1S/C13H17N3/c1-4-11(3)14-8-12-9-15-13-7-10(2)5-6-16(12)13/h4-7,9,11,14H,1,8H2,2-3H3. The van der Waals surface area contributed by atoms with Crippen molar-refractivity contribution in [3.05, 3.63) is 48.4 Å². The number of fused-ring (bicyclic) bond motifs is 1. The van der Waals surface area contributed by atoms with Crippen LogP contribution in [-0.4, -0.2) is 15.4 Å². The lowest BCUT2D eigenvalue weighted by Crippen LogP contribution is -2.23. The zero-order chi connectivity index (χ0) is 11.5. The van der Waals surface area contributed by atoms with Crippen LogP contribution in [0.2, 0.25) is 0 Å². The molecule has 0 aromatic carbocycles. The highest BCUT2D eigenvalue weighted by Gasteiger charge is 2.03. The quantitative estimate of drug-likeness (QED) is 0.793. The van der Waals surface area contributed by atoms with Gasteiger partial charge in [-0.25, -0.2) is 4.98 Å². The van der Waals surface area contributed by atoms with Crippen molar-refractivity contribution >= 4 is 5.65 Å². The van der Waals surface area contributed by atoms with E-state index in [-0.39, 0.29) is 0 Å². The summed E-state index contributed by atoms with van der Waals surface area (Å²) in [5.74, 6) is 0. The average Bonchev–Trinajstić information content (AvgIpc) is 2.68. The maximum absolute atomic E-state index is 4.38. The van der Waals surface area contributed by atoms with Gasteiger partial charge in [0.25, 0.3) is 0 Å². The van der Waals surface area contributed by atoms with E-state index in [4.69, 9.17) is 0 Å². The topological polar surface area (TPSA) is 29.3 Å². The monoisotopic (exact) mass is 215 g/mol. The van der Waals surface area contributed by atoms with E-state index >= 15 is 0 Å². The van der Waals surface area contributed by atoms with E-state index in [0.29, 0.717) is 6.04 Å². The second-order valence-corrected chi connectivity index (χ2v) is 4.09. The van der Waals surface area contributed by atoms with Crippen LogP contribution >= 0.6 is 0 Å². The van der Waals surface area contributed by atoms with Crippen molar-refractivity contribution in [3.63, 3.8) is 0 Å². The van der Waals surface area contributed by atoms with Gasteiger partial charge in [0.2, 0.25) is 0 Å². The zero-order valence-electron chi connectivity index (χ0n) is 9.77. The molecular weight excluding hydrogens is 198 g/mol. The number of hydrogen-bond donors (Lipinski definition) is 1. The van der Waals surface area contributed by atoms with E-state index in [1.807, 2.05) is 12.3 Å². The summed E-state index contributed by atoms with van der Waals surface area (Å²) in [5.41, 5.74) is 3.41. The average molecular weight is 215 g/mol. The summed E-state index contributed by atoms with van der Waals surface area (Å²) < 4.78 is 2.11. The Labute approximate surface area is 95.8 Å². The minimum atomic E-state index is 0.316. The molecule has 2 aromatic rings. The van der Waals surface area contributed by atoms with Crippen LogP contribution < -0.4 is 5.32 Å². The predicted octanol–water partition coefficient (Wildman–Crippen LogP) is 2.31. The first kappa shape index (κ1) is 10.9. The molecule has 0 saturated heterocycles. The summed E-state index contributed by atoms with van der Waals surface area (Å²) in [7, 11) is 0. The molecule has 3 nitrogen and oxygen atoms in total. The predicted molar refractivity (Wildman–Crippen MR) is 66.4 cm³/mol. The molecule has 1 unspecified atom stereocenters. The highest BCUT2D eigenvalue weighted by Crippen LogP contribution is 2.08. The minimum absolute atomic E-state index is 0.316. The molecule has 3 heteroatoms. The summed E-state index contributed by atoms with van der Waals surface area (Å²) in [4.78, 5) is 4.38. The summed E-state index contributed by atoms with van der Waals surface area (Å²) in [5, 5.41) is 3.36. The van der Waals surface area contributed by atoms with Crippen LogP contribution in [0.4, 0.5) is 0 Å². The number of rotatable bonds is 4. The van der Waals surface area contributed by atoms with Crippen molar-refractivity contribution in [1.29, 1.82) is 0 Å². The Kier molecular flexibility index (Phi) is 3.06. The number of pyridine rings is 1. The fourth-order valence-corrected chi connectivity index (χ4v) is 1.61. The van der Waals surface area contributed by atoms with E-state index < -0.39 is 0 Å². The molecule has 0 bridgehead atoms. The number of hydrogen-bond acceptors (Lipinski definition) is 2. The van der Waals surface area contributed by atoms with Gasteiger partial charge in [0.05, 0.1) is 11.9 Å². The first-order valence-corrected chi connectivity index (χ1v) is 5.49. The Morgan fingerprint density at radius 2 is 2.44 bits per heavy atom. The van der Waals surface area contributed by atoms with Gasteiger partial charge in [0.1, 0.15) is 5.65 Å². The maximum Gasteiger partial charge on any atom is 0.137 e. The minimum Gasteiger partial charge on any atom is -0.305 e. The lowest BCUT2D eigenvalue weighted by atomic mass is 10.3. The molecular formula is C13H17N3. The molecule has 16 heavy (non-hydrogen) atoms. The SMILES string of the molecule is C=CC(C)NCc1cnc2cc(C)ccn12. The Balaban J connectivity index is 2.22. The molecule has 0 spiro atoms. The second kappa shape index (κ2) is 4.49. The molecule has 0 fully saturated rings. The summed E-state index contributed by atoms with van der Waals surface area (Å²) in [6.45, 7) is 8.71. The molecule has 2 aromatic heterocycles.